The van der Waals surface area contributed by atoms with Crippen molar-refractivity contribution in [3.8, 4) is 0 Å². The second-order valence-electron chi connectivity index (χ2n) is 4.46. The lowest BCUT2D eigenvalue weighted by Gasteiger charge is -2.24. The van der Waals surface area contributed by atoms with E-state index >= 15 is 0 Å². The van der Waals surface area contributed by atoms with Gasteiger partial charge in [0.05, 0.1) is 6.04 Å². The Balaban J connectivity index is 1.65. The van der Waals surface area contributed by atoms with Crippen molar-refractivity contribution in [3.63, 3.8) is 0 Å². The topological polar surface area (TPSA) is 46.2 Å². The molecular weight excluding hydrogens is 214 g/mol. The summed E-state index contributed by atoms with van der Waals surface area (Å²) in [6.07, 6.45) is 3.67. The Hall–Kier alpha value is -1.64. The fourth-order valence-electron chi connectivity index (χ4n) is 1.92. The van der Waals surface area contributed by atoms with Gasteiger partial charge in [-0.15, -0.1) is 0 Å². The van der Waals surface area contributed by atoms with Gasteiger partial charge in [0.15, 0.2) is 5.78 Å². The summed E-state index contributed by atoms with van der Waals surface area (Å²) in [5.41, 5.74) is 1.25. The molecule has 1 saturated carbocycles. The first-order chi connectivity index (χ1) is 8.25. The van der Waals surface area contributed by atoms with Crippen LogP contribution in [0.5, 0.6) is 0 Å². The number of carbonyl (C=O) groups excluding carboxylic acids is 2. The van der Waals surface area contributed by atoms with Crippen LogP contribution in [0.1, 0.15) is 31.2 Å². The second kappa shape index (κ2) is 5.62. The maximum atomic E-state index is 11.5. The molecule has 0 unspecified atom stereocenters. The molecule has 1 N–H and O–H groups in total. The molecule has 2 rings (SSSR count). The van der Waals surface area contributed by atoms with Crippen LogP contribution in [0, 0.1) is 0 Å². The van der Waals surface area contributed by atoms with Gasteiger partial charge in [0, 0.05) is 12.8 Å². The van der Waals surface area contributed by atoms with E-state index in [9.17, 15) is 9.59 Å². The molecule has 3 nitrogen and oxygen atoms in total. The van der Waals surface area contributed by atoms with Crippen molar-refractivity contribution in [1.29, 1.82) is 0 Å². The first kappa shape index (κ1) is 11.8. The Labute approximate surface area is 101 Å². The molecule has 0 spiro atoms. The zero-order chi connectivity index (χ0) is 12.1. The van der Waals surface area contributed by atoms with Gasteiger partial charge in [0.25, 0.3) is 0 Å². The Morgan fingerprint density at radius 3 is 2.65 bits per heavy atom. The summed E-state index contributed by atoms with van der Waals surface area (Å²) in [6, 6.07) is 9.92. The Morgan fingerprint density at radius 2 is 2.06 bits per heavy atom. The summed E-state index contributed by atoms with van der Waals surface area (Å²) >= 11 is 0. The summed E-state index contributed by atoms with van der Waals surface area (Å²) in [5, 5.41) is 2.76. The number of hydrogen-bond acceptors (Lipinski definition) is 2. The van der Waals surface area contributed by atoms with Crippen LogP contribution in [0.4, 0.5) is 0 Å². The average Bonchev–Trinajstić information content (AvgIpc) is 2.35. The minimum atomic E-state index is -0.195. The molecule has 1 aromatic rings. The molecule has 1 aromatic carbocycles. The van der Waals surface area contributed by atoms with Gasteiger partial charge in [-0.25, -0.2) is 0 Å². The van der Waals surface area contributed by atoms with Gasteiger partial charge >= 0.3 is 0 Å². The molecule has 3 heteroatoms. The lowest BCUT2D eigenvalue weighted by Crippen LogP contribution is -2.47. The van der Waals surface area contributed by atoms with Crippen LogP contribution in [0.15, 0.2) is 30.3 Å². The predicted octanol–water partition coefficient (Wildman–Crippen LogP) is 1.86. The number of carbonyl (C=O) groups is 2. The number of hydrogen-bond donors (Lipinski definition) is 1. The van der Waals surface area contributed by atoms with E-state index in [4.69, 9.17) is 0 Å². The Kier molecular flexibility index (Phi) is 3.91. The molecule has 0 aliphatic heterocycles. The van der Waals surface area contributed by atoms with Gasteiger partial charge in [0.1, 0.15) is 0 Å². The number of aryl methyl sites for hydroxylation is 1. The minimum Gasteiger partial charge on any atom is -0.346 e. The summed E-state index contributed by atoms with van der Waals surface area (Å²) < 4.78 is 0. The number of nitrogens with one attached hydrogen (secondary N) is 1. The Morgan fingerprint density at radius 1 is 1.29 bits per heavy atom. The highest BCUT2D eigenvalue weighted by Gasteiger charge is 2.28. The molecule has 0 bridgehead atoms. The van der Waals surface area contributed by atoms with E-state index in [1.54, 1.807) is 0 Å². The maximum absolute atomic E-state index is 11.5. The number of ketones is 1. The van der Waals surface area contributed by atoms with Crippen LogP contribution in [0.3, 0.4) is 0 Å². The molecule has 0 radical (unpaired) electrons. The molecule has 17 heavy (non-hydrogen) atoms. The zero-order valence-corrected chi connectivity index (χ0v) is 9.82. The van der Waals surface area contributed by atoms with Crippen molar-refractivity contribution in [1.82, 2.24) is 5.32 Å². The molecule has 0 heterocycles. The van der Waals surface area contributed by atoms with Crippen molar-refractivity contribution in [2.45, 2.75) is 38.1 Å². The summed E-state index contributed by atoms with van der Waals surface area (Å²) in [7, 11) is 0. The van der Waals surface area contributed by atoms with Crippen molar-refractivity contribution >= 4 is 11.7 Å². The molecular formula is C14H17NO2. The van der Waals surface area contributed by atoms with Gasteiger partial charge in [-0.1, -0.05) is 30.3 Å². The first-order valence-electron chi connectivity index (χ1n) is 6.12. The van der Waals surface area contributed by atoms with Gasteiger partial charge in [-0.3, -0.25) is 9.59 Å². The molecule has 0 saturated heterocycles. The highest BCUT2D eigenvalue weighted by Crippen LogP contribution is 2.14. The molecule has 1 atom stereocenters. The highest BCUT2D eigenvalue weighted by atomic mass is 16.2. The summed E-state index contributed by atoms with van der Waals surface area (Å²) in [5.74, 6) is 0.167. The monoisotopic (exact) mass is 231 g/mol. The molecule has 90 valence electrons. The van der Waals surface area contributed by atoms with Crippen LogP contribution in [-0.4, -0.2) is 17.7 Å². The number of amides is 1. The largest absolute Gasteiger partial charge is 0.346 e. The van der Waals surface area contributed by atoms with Gasteiger partial charge in [-0.2, -0.15) is 0 Å². The van der Waals surface area contributed by atoms with E-state index in [1.165, 1.54) is 5.56 Å². The molecule has 0 aromatic heterocycles. The lowest BCUT2D eigenvalue weighted by atomic mass is 9.91. The highest BCUT2D eigenvalue weighted by molar-refractivity contribution is 5.93. The second-order valence-corrected chi connectivity index (χ2v) is 4.46. The van der Waals surface area contributed by atoms with Gasteiger partial charge in [0.2, 0.25) is 5.91 Å². The number of rotatable bonds is 5. The molecule has 1 fully saturated rings. The molecule has 1 amide bonds. The molecule has 1 aliphatic carbocycles. The third kappa shape index (κ3) is 3.41. The van der Waals surface area contributed by atoms with Gasteiger partial charge in [-0.05, 0) is 24.8 Å². The first-order valence-corrected chi connectivity index (χ1v) is 6.12. The SMILES string of the molecule is O=C(CCCc1ccccc1)N[C@H]1CCC1=O. The van der Waals surface area contributed by atoms with Crippen LogP contribution < -0.4 is 5.32 Å². The third-order valence-electron chi connectivity index (χ3n) is 3.12. The normalized spacial score (nSPS) is 18.6. The van der Waals surface area contributed by atoms with Gasteiger partial charge < -0.3 is 5.32 Å². The quantitative estimate of drug-likeness (QED) is 0.840. The molecule has 1 aliphatic rings. The third-order valence-corrected chi connectivity index (χ3v) is 3.12. The van der Waals surface area contributed by atoms with Crippen LogP contribution in [-0.2, 0) is 16.0 Å². The van der Waals surface area contributed by atoms with E-state index in [-0.39, 0.29) is 17.7 Å². The fourth-order valence-corrected chi connectivity index (χ4v) is 1.92. The summed E-state index contributed by atoms with van der Waals surface area (Å²) in [6.45, 7) is 0. The van der Waals surface area contributed by atoms with Crippen molar-refractivity contribution in [2.75, 3.05) is 0 Å². The van der Waals surface area contributed by atoms with E-state index < -0.39 is 0 Å². The van der Waals surface area contributed by atoms with E-state index in [0.717, 1.165) is 19.3 Å². The summed E-state index contributed by atoms with van der Waals surface area (Å²) in [4.78, 5) is 22.6. The predicted molar refractivity (Wildman–Crippen MR) is 65.6 cm³/mol. The lowest BCUT2D eigenvalue weighted by molar-refractivity contribution is -0.132. The van der Waals surface area contributed by atoms with Crippen molar-refractivity contribution in [3.05, 3.63) is 35.9 Å². The average molecular weight is 231 g/mol. The van der Waals surface area contributed by atoms with Crippen LogP contribution in [0.2, 0.25) is 0 Å². The number of benzene rings is 1. The van der Waals surface area contributed by atoms with Crippen molar-refractivity contribution < 1.29 is 9.59 Å². The van der Waals surface area contributed by atoms with Crippen LogP contribution >= 0.6 is 0 Å². The van der Waals surface area contributed by atoms with Crippen LogP contribution in [0.25, 0.3) is 0 Å². The van der Waals surface area contributed by atoms with E-state index in [0.29, 0.717) is 12.8 Å². The standard InChI is InChI=1S/C14H17NO2/c16-13-10-9-12(13)15-14(17)8-4-7-11-5-2-1-3-6-11/h1-3,5-6,12H,4,7-10H2,(H,15,17)/t12-/m0/s1. The number of Topliss-reactive ketones (excluding diaryl/α,β-unsaturated/α-hetero) is 1. The Bertz CT molecular complexity index is 400. The maximum Gasteiger partial charge on any atom is 0.220 e. The minimum absolute atomic E-state index is 0.000943. The smallest absolute Gasteiger partial charge is 0.220 e. The fraction of sp³-hybridized carbons (Fsp3) is 0.429. The van der Waals surface area contributed by atoms with Crippen molar-refractivity contribution in [2.24, 2.45) is 0 Å². The zero-order valence-electron chi connectivity index (χ0n) is 9.82. The van der Waals surface area contributed by atoms with E-state index in [1.807, 2.05) is 18.2 Å². The van der Waals surface area contributed by atoms with E-state index in [2.05, 4.69) is 17.4 Å².